The number of hydrogen-bond acceptors (Lipinski definition) is 6. The molecule has 8 heteroatoms. The fourth-order valence-electron chi connectivity index (χ4n) is 3.25. The quantitative estimate of drug-likeness (QED) is 0.764. The molecule has 0 aromatic heterocycles. The van der Waals surface area contributed by atoms with Crippen LogP contribution < -0.4 is 20.1 Å². The molecule has 1 aromatic rings. The second-order valence-electron chi connectivity index (χ2n) is 6.61. The van der Waals surface area contributed by atoms with Gasteiger partial charge in [-0.1, -0.05) is 0 Å². The van der Waals surface area contributed by atoms with Gasteiger partial charge in [-0.2, -0.15) is 0 Å². The van der Waals surface area contributed by atoms with Gasteiger partial charge in [0.25, 0.3) is 0 Å². The van der Waals surface area contributed by atoms with Crippen LogP contribution in [0.25, 0.3) is 0 Å². The molecule has 3 rings (SSSR count). The van der Waals surface area contributed by atoms with Crippen molar-refractivity contribution in [3.8, 4) is 11.5 Å². The molecular formula is C18H23N3O5. The number of carbonyl (C=O) groups is 3. The molecule has 0 unspecified atom stereocenters. The summed E-state index contributed by atoms with van der Waals surface area (Å²) in [5.41, 5.74) is 0.826. The van der Waals surface area contributed by atoms with Crippen LogP contribution in [0.2, 0.25) is 0 Å². The number of amides is 2. The molecule has 0 aliphatic carbocycles. The van der Waals surface area contributed by atoms with Gasteiger partial charge in [-0.15, -0.1) is 0 Å². The van der Waals surface area contributed by atoms with Gasteiger partial charge in [0.05, 0.1) is 12.2 Å². The number of carbonyl (C=O) groups excluding carboxylic acids is 3. The highest BCUT2D eigenvalue weighted by molar-refractivity contribution is 6.05. The van der Waals surface area contributed by atoms with Crippen molar-refractivity contribution in [2.45, 2.75) is 32.7 Å². The number of nitrogens with one attached hydrogen (secondary N) is 2. The zero-order chi connectivity index (χ0) is 18.7. The molecule has 0 bridgehead atoms. The predicted octanol–water partition coefficient (Wildman–Crippen LogP) is 1.16. The Balaban J connectivity index is 1.59. The SMILES string of the molecule is CC(=O)NC1CCN(CC(=O)Nc2cc3c(cc2C(C)=O)OCO3)CC1. The van der Waals surface area contributed by atoms with Crippen LogP contribution >= 0.6 is 0 Å². The summed E-state index contributed by atoms with van der Waals surface area (Å²) in [6.07, 6.45) is 1.63. The first kappa shape index (κ1) is 18.2. The Kier molecular flexibility index (Phi) is 5.41. The van der Waals surface area contributed by atoms with Gasteiger partial charge in [0.15, 0.2) is 17.3 Å². The number of ketones is 1. The van der Waals surface area contributed by atoms with Crippen LogP contribution in [0.15, 0.2) is 12.1 Å². The van der Waals surface area contributed by atoms with Crippen molar-refractivity contribution in [2.24, 2.45) is 0 Å². The molecule has 1 aromatic carbocycles. The minimum atomic E-state index is -0.190. The first-order valence-electron chi connectivity index (χ1n) is 8.66. The van der Waals surface area contributed by atoms with E-state index in [1.807, 2.05) is 4.90 Å². The molecule has 0 radical (unpaired) electrons. The number of likely N-dealkylation sites (tertiary alicyclic amines) is 1. The standard InChI is InChI=1S/C18H23N3O5/c1-11(22)14-7-16-17(26-10-25-16)8-15(14)20-18(24)9-21-5-3-13(4-6-21)19-12(2)23/h7-8,13H,3-6,9-10H2,1-2H3,(H,19,23)(H,20,24). The molecule has 2 N–H and O–H groups in total. The maximum atomic E-state index is 12.4. The van der Waals surface area contributed by atoms with Crippen molar-refractivity contribution >= 4 is 23.3 Å². The number of piperidine rings is 1. The third-order valence-electron chi connectivity index (χ3n) is 4.53. The number of anilines is 1. The average molecular weight is 361 g/mol. The first-order valence-corrected chi connectivity index (χ1v) is 8.66. The largest absolute Gasteiger partial charge is 0.454 e. The summed E-state index contributed by atoms with van der Waals surface area (Å²) in [5, 5.41) is 5.72. The Morgan fingerprint density at radius 3 is 2.38 bits per heavy atom. The van der Waals surface area contributed by atoms with Gasteiger partial charge >= 0.3 is 0 Å². The van der Waals surface area contributed by atoms with E-state index in [0.717, 1.165) is 25.9 Å². The second-order valence-corrected chi connectivity index (χ2v) is 6.61. The monoisotopic (exact) mass is 361 g/mol. The number of Topliss-reactive ketones (excluding diaryl/α,β-unsaturated/α-hetero) is 1. The normalized spacial score (nSPS) is 17.0. The summed E-state index contributed by atoms with van der Waals surface area (Å²) in [5.74, 6) is 0.648. The number of benzene rings is 1. The van der Waals surface area contributed by atoms with Gasteiger partial charge < -0.3 is 20.1 Å². The maximum Gasteiger partial charge on any atom is 0.238 e. The summed E-state index contributed by atoms with van der Waals surface area (Å²) in [7, 11) is 0. The Morgan fingerprint density at radius 2 is 1.77 bits per heavy atom. The summed E-state index contributed by atoms with van der Waals surface area (Å²) in [4.78, 5) is 37.4. The lowest BCUT2D eigenvalue weighted by Crippen LogP contribution is -2.46. The number of hydrogen-bond donors (Lipinski definition) is 2. The third kappa shape index (κ3) is 4.32. The molecular weight excluding hydrogens is 338 g/mol. The number of fused-ring (bicyclic) bond motifs is 1. The molecule has 0 saturated carbocycles. The smallest absolute Gasteiger partial charge is 0.238 e. The van der Waals surface area contributed by atoms with Gasteiger partial charge in [-0.25, -0.2) is 0 Å². The Labute approximate surface area is 151 Å². The minimum absolute atomic E-state index is 0.0271. The summed E-state index contributed by atoms with van der Waals surface area (Å²) < 4.78 is 10.6. The highest BCUT2D eigenvalue weighted by Gasteiger charge is 2.23. The van der Waals surface area contributed by atoms with Crippen molar-refractivity contribution in [3.63, 3.8) is 0 Å². The van der Waals surface area contributed by atoms with E-state index in [1.54, 1.807) is 12.1 Å². The van der Waals surface area contributed by atoms with E-state index in [1.165, 1.54) is 13.8 Å². The van der Waals surface area contributed by atoms with E-state index in [0.29, 0.717) is 22.7 Å². The number of nitrogens with zero attached hydrogens (tertiary/aromatic N) is 1. The lowest BCUT2D eigenvalue weighted by Gasteiger charge is -2.31. The highest BCUT2D eigenvalue weighted by Crippen LogP contribution is 2.37. The fourth-order valence-corrected chi connectivity index (χ4v) is 3.25. The second kappa shape index (κ2) is 7.74. The zero-order valence-corrected chi connectivity index (χ0v) is 15.0. The molecule has 2 aliphatic heterocycles. The van der Waals surface area contributed by atoms with Crippen molar-refractivity contribution in [1.29, 1.82) is 0 Å². The van der Waals surface area contributed by atoms with Gasteiger partial charge in [0.1, 0.15) is 0 Å². The molecule has 140 valence electrons. The molecule has 0 atom stereocenters. The van der Waals surface area contributed by atoms with Crippen molar-refractivity contribution in [2.75, 3.05) is 31.7 Å². The van der Waals surface area contributed by atoms with Gasteiger partial charge in [0, 0.05) is 37.7 Å². The van der Waals surface area contributed by atoms with Gasteiger partial charge in [-0.3, -0.25) is 19.3 Å². The van der Waals surface area contributed by atoms with E-state index >= 15 is 0 Å². The Bertz CT molecular complexity index is 726. The Hall–Kier alpha value is -2.61. The van der Waals surface area contributed by atoms with Crippen LogP contribution in [0.4, 0.5) is 5.69 Å². The molecule has 26 heavy (non-hydrogen) atoms. The molecule has 0 spiro atoms. The van der Waals surface area contributed by atoms with Crippen LogP contribution in [0.5, 0.6) is 11.5 Å². The molecule has 8 nitrogen and oxygen atoms in total. The molecule has 1 saturated heterocycles. The molecule has 2 aliphatic rings. The van der Waals surface area contributed by atoms with Gasteiger partial charge in [-0.05, 0) is 25.8 Å². The van der Waals surface area contributed by atoms with Crippen LogP contribution in [-0.4, -0.2) is 55.0 Å². The van der Waals surface area contributed by atoms with Crippen LogP contribution in [-0.2, 0) is 9.59 Å². The van der Waals surface area contributed by atoms with Crippen LogP contribution in [0, 0.1) is 0 Å². The van der Waals surface area contributed by atoms with E-state index < -0.39 is 0 Å². The maximum absolute atomic E-state index is 12.4. The lowest BCUT2D eigenvalue weighted by atomic mass is 10.0. The fraction of sp³-hybridized carbons (Fsp3) is 0.500. The van der Waals surface area contributed by atoms with Gasteiger partial charge in [0.2, 0.25) is 18.6 Å². The van der Waals surface area contributed by atoms with E-state index in [2.05, 4.69) is 10.6 Å². The summed E-state index contributed by atoms with van der Waals surface area (Å²) >= 11 is 0. The lowest BCUT2D eigenvalue weighted by molar-refractivity contribution is -0.121. The first-order chi connectivity index (χ1) is 12.4. The minimum Gasteiger partial charge on any atom is -0.454 e. The number of rotatable bonds is 5. The van der Waals surface area contributed by atoms with E-state index in [-0.39, 0.29) is 37.0 Å². The predicted molar refractivity (Wildman–Crippen MR) is 94.5 cm³/mol. The third-order valence-corrected chi connectivity index (χ3v) is 4.53. The van der Waals surface area contributed by atoms with Crippen LogP contribution in [0.1, 0.15) is 37.0 Å². The van der Waals surface area contributed by atoms with Crippen LogP contribution in [0.3, 0.4) is 0 Å². The summed E-state index contributed by atoms with van der Waals surface area (Å²) in [6, 6.07) is 3.39. The molecule has 2 amide bonds. The molecule has 1 fully saturated rings. The van der Waals surface area contributed by atoms with Crippen molar-refractivity contribution in [3.05, 3.63) is 17.7 Å². The topological polar surface area (TPSA) is 97.0 Å². The van der Waals surface area contributed by atoms with Crippen molar-refractivity contribution in [1.82, 2.24) is 10.2 Å². The zero-order valence-electron chi connectivity index (χ0n) is 15.0. The molecule has 2 heterocycles. The van der Waals surface area contributed by atoms with E-state index in [9.17, 15) is 14.4 Å². The number of ether oxygens (including phenoxy) is 2. The highest BCUT2D eigenvalue weighted by atomic mass is 16.7. The van der Waals surface area contributed by atoms with E-state index in [4.69, 9.17) is 9.47 Å². The Morgan fingerprint density at radius 1 is 1.12 bits per heavy atom. The average Bonchev–Trinajstić information content (AvgIpc) is 3.02. The van der Waals surface area contributed by atoms with Crippen molar-refractivity contribution < 1.29 is 23.9 Å². The summed E-state index contributed by atoms with van der Waals surface area (Å²) in [6.45, 7) is 4.77.